The number of aliphatic imine (C=N–C) groups is 1. The Morgan fingerprint density at radius 3 is 1.59 bits per heavy atom. The van der Waals surface area contributed by atoms with Crippen LogP contribution < -0.4 is 0 Å². The van der Waals surface area contributed by atoms with Crippen LogP contribution in [0.2, 0.25) is 0 Å². The van der Waals surface area contributed by atoms with Gasteiger partial charge >= 0.3 is 0 Å². The summed E-state index contributed by atoms with van der Waals surface area (Å²) in [5, 5.41) is 0. The van der Waals surface area contributed by atoms with Crippen molar-refractivity contribution in [2.75, 3.05) is 0 Å². The van der Waals surface area contributed by atoms with Gasteiger partial charge in [-0.2, -0.15) is 0 Å². The Labute approximate surface area is 136 Å². The molecule has 0 amide bonds. The maximum Gasteiger partial charge on any atom is 0.0516 e. The van der Waals surface area contributed by atoms with Gasteiger partial charge in [-0.1, -0.05) is 41.5 Å². The van der Waals surface area contributed by atoms with Crippen molar-refractivity contribution in [3.05, 3.63) is 11.3 Å². The molecule has 4 fully saturated rings. The molecule has 4 aliphatic carbocycles. The van der Waals surface area contributed by atoms with Crippen LogP contribution in [0, 0.1) is 34.0 Å². The molecule has 0 aromatic heterocycles. The standard InChI is InChI=1S/C21H33N/c1-19(2,3)17-16(18(22-17)20(4,5)6)21-10-13-7-14(11-21)9-15(8-13)12-21/h13-15H,7-12H2,1-6H3. The minimum absolute atomic E-state index is 0.202. The molecular weight excluding hydrogens is 266 g/mol. The topological polar surface area (TPSA) is 12.4 Å². The molecule has 122 valence electrons. The van der Waals surface area contributed by atoms with Gasteiger partial charge in [0.05, 0.1) is 11.4 Å². The van der Waals surface area contributed by atoms with Crippen LogP contribution in [0.25, 0.3) is 0 Å². The van der Waals surface area contributed by atoms with Gasteiger partial charge < -0.3 is 0 Å². The summed E-state index contributed by atoms with van der Waals surface area (Å²) in [5.41, 5.74) is 5.52. The van der Waals surface area contributed by atoms with Crippen molar-refractivity contribution in [3.63, 3.8) is 0 Å². The second-order valence-corrected chi connectivity index (χ2v) is 10.9. The van der Waals surface area contributed by atoms with Crippen LogP contribution >= 0.6 is 0 Å². The molecule has 0 atom stereocenters. The third-order valence-electron chi connectivity index (χ3n) is 6.69. The molecule has 22 heavy (non-hydrogen) atoms. The quantitative estimate of drug-likeness (QED) is 0.562. The molecule has 0 unspecified atom stereocenters. The number of nitrogens with zero attached hydrogens (tertiary/aromatic N) is 1. The first kappa shape index (κ1) is 15.0. The maximum absolute atomic E-state index is 5.10. The second-order valence-electron chi connectivity index (χ2n) is 10.9. The lowest BCUT2D eigenvalue weighted by Crippen LogP contribution is -2.51. The van der Waals surface area contributed by atoms with E-state index in [9.17, 15) is 0 Å². The summed E-state index contributed by atoms with van der Waals surface area (Å²) in [4.78, 5) is 5.10. The summed E-state index contributed by atoms with van der Waals surface area (Å²) < 4.78 is 0. The molecule has 1 heteroatoms. The van der Waals surface area contributed by atoms with E-state index in [-0.39, 0.29) is 10.8 Å². The molecule has 4 bridgehead atoms. The van der Waals surface area contributed by atoms with Crippen molar-refractivity contribution in [1.29, 1.82) is 0 Å². The third-order valence-corrected chi connectivity index (χ3v) is 6.69. The average molecular weight is 300 g/mol. The van der Waals surface area contributed by atoms with Crippen molar-refractivity contribution in [3.8, 4) is 0 Å². The highest BCUT2D eigenvalue weighted by atomic mass is 14.9. The summed E-state index contributed by atoms with van der Waals surface area (Å²) in [5.74, 6) is 3.05. The van der Waals surface area contributed by atoms with Gasteiger partial charge in [-0.3, -0.25) is 4.99 Å². The second kappa shape index (κ2) is 4.28. The van der Waals surface area contributed by atoms with Gasteiger partial charge in [-0.15, -0.1) is 0 Å². The van der Waals surface area contributed by atoms with Gasteiger partial charge in [0, 0.05) is 16.4 Å². The molecule has 5 aliphatic rings. The zero-order chi connectivity index (χ0) is 15.9. The lowest BCUT2D eigenvalue weighted by molar-refractivity contribution is -0.0295. The number of rotatable bonds is 1. The highest BCUT2D eigenvalue weighted by Gasteiger charge is 2.56. The molecule has 0 N–H and O–H groups in total. The fourth-order valence-corrected chi connectivity index (χ4v) is 6.29. The Hall–Kier alpha value is -0.590. The first-order valence-electron chi connectivity index (χ1n) is 9.43. The summed E-state index contributed by atoms with van der Waals surface area (Å²) in [6.45, 7) is 14.1. The smallest absolute Gasteiger partial charge is 0.0516 e. The number of hydrogen-bond donors (Lipinski definition) is 0. The number of allylic oxidation sites excluding steroid dienone is 2. The summed E-state index contributed by atoms with van der Waals surface area (Å²) in [6.07, 6.45) is 8.97. The molecule has 1 nitrogen and oxygen atoms in total. The molecule has 0 spiro atoms. The molecule has 0 saturated heterocycles. The van der Waals surface area contributed by atoms with E-state index >= 15 is 0 Å². The van der Waals surface area contributed by atoms with E-state index in [2.05, 4.69) is 41.5 Å². The van der Waals surface area contributed by atoms with Crippen LogP contribution in [-0.2, 0) is 0 Å². The Balaban J connectivity index is 1.78. The van der Waals surface area contributed by atoms with Crippen LogP contribution in [0.5, 0.6) is 0 Å². The lowest BCUT2D eigenvalue weighted by Gasteiger charge is -2.60. The molecule has 1 aliphatic heterocycles. The minimum atomic E-state index is 0.202. The average Bonchev–Trinajstić information content (AvgIpc) is 2.19. The molecule has 1 heterocycles. The largest absolute Gasteiger partial charge is 0.256 e. The summed E-state index contributed by atoms with van der Waals surface area (Å²) in [7, 11) is 0. The van der Waals surface area contributed by atoms with Crippen LogP contribution in [-0.4, -0.2) is 5.71 Å². The van der Waals surface area contributed by atoms with E-state index in [0.29, 0.717) is 5.41 Å². The Morgan fingerprint density at radius 2 is 1.23 bits per heavy atom. The summed E-state index contributed by atoms with van der Waals surface area (Å²) >= 11 is 0. The van der Waals surface area contributed by atoms with Crippen molar-refractivity contribution >= 4 is 5.71 Å². The van der Waals surface area contributed by atoms with Crippen molar-refractivity contribution in [1.82, 2.24) is 0 Å². The normalized spacial score (nSPS) is 40.8. The van der Waals surface area contributed by atoms with E-state index in [0.717, 1.165) is 17.8 Å². The zero-order valence-corrected chi connectivity index (χ0v) is 15.4. The first-order valence-corrected chi connectivity index (χ1v) is 9.43. The van der Waals surface area contributed by atoms with Crippen molar-refractivity contribution in [2.45, 2.75) is 80.1 Å². The third kappa shape index (κ3) is 2.07. The van der Waals surface area contributed by atoms with E-state index < -0.39 is 0 Å². The minimum Gasteiger partial charge on any atom is -0.256 e. The highest BCUT2D eigenvalue weighted by molar-refractivity contribution is 6.10. The molecule has 0 aromatic rings. The Morgan fingerprint density at radius 1 is 0.773 bits per heavy atom. The monoisotopic (exact) mass is 299 g/mol. The van der Waals surface area contributed by atoms with Crippen LogP contribution in [0.3, 0.4) is 0 Å². The fourth-order valence-electron chi connectivity index (χ4n) is 6.29. The van der Waals surface area contributed by atoms with Crippen molar-refractivity contribution < 1.29 is 0 Å². The summed E-state index contributed by atoms with van der Waals surface area (Å²) in [6, 6.07) is 0. The number of hydrogen-bond acceptors (Lipinski definition) is 1. The SMILES string of the molecule is CC(C)(C)C1=NC(C(C)(C)C)=C1C12CC3CC(CC(C3)C1)C2. The zero-order valence-electron chi connectivity index (χ0n) is 15.4. The molecule has 4 saturated carbocycles. The van der Waals surface area contributed by atoms with E-state index in [1.165, 1.54) is 49.9 Å². The fraction of sp³-hybridized carbons (Fsp3) is 0.857. The molecular formula is C21H33N. The van der Waals surface area contributed by atoms with Crippen LogP contribution in [0.15, 0.2) is 16.3 Å². The first-order chi connectivity index (χ1) is 10.1. The van der Waals surface area contributed by atoms with Gasteiger partial charge in [0.15, 0.2) is 0 Å². The maximum atomic E-state index is 5.10. The molecule has 5 rings (SSSR count). The van der Waals surface area contributed by atoms with Gasteiger partial charge in [-0.25, -0.2) is 0 Å². The van der Waals surface area contributed by atoms with E-state index in [1.54, 1.807) is 5.57 Å². The van der Waals surface area contributed by atoms with Gasteiger partial charge in [0.1, 0.15) is 0 Å². The van der Waals surface area contributed by atoms with Crippen molar-refractivity contribution in [2.24, 2.45) is 39.0 Å². The van der Waals surface area contributed by atoms with Gasteiger partial charge in [-0.05, 0) is 61.7 Å². The van der Waals surface area contributed by atoms with Gasteiger partial charge in [0.2, 0.25) is 0 Å². The molecule has 0 radical (unpaired) electrons. The molecule has 0 aromatic carbocycles. The van der Waals surface area contributed by atoms with E-state index in [1.807, 2.05) is 0 Å². The lowest BCUT2D eigenvalue weighted by atomic mass is 9.45. The van der Waals surface area contributed by atoms with E-state index in [4.69, 9.17) is 4.99 Å². The van der Waals surface area contributed by atoms with Gasteiger partial charge in [0.25, 0.3) is 0 Å². The van der Waals surface area contributed by atoms with Crippen LogP contribution in [0.4, 0.5) is 0 Å². The Kier molecular flexibility index (Phi) is 2.91. The predicted octanol–water partition coefficient (Wildman–Crippen LogP) is 6.00. The highest BCUT2D eigenvalue weighted by Crippen LogP contribution is 2.65. The Bertz CT molecular complexity index is 526. The van der Waals surface area contributed by atoms with Crippen LogP contribution in [0.1, 0.15) is 80.1 Å². The predicted molar refractivity (Wildman–Crippen MR) is 94.0 cm³/mol.